The van der Waals surface area contributed by atoms with E-state index in [1.54, 1.807) is 6.92 Å². The van der Waals surface area contributed by atoms with Gasteiger partial charge in [0.25, 0.3) is 0 Å². The number of nitrogens with one attached hydrogen (secondary N) is 1. The maximum atomic E-state index is 11.9. The number of anilines is 1. The fraction of sp³-hybridized carbons (Fsp3) is 0.333. The lowest BCUT2D eigenvalue weighted by Gasteiger charge is -2.11. The second-order valence-corrected chi connectivity index (χ2v) is 8.65. The van der Waals surface area contributed by atoms with Gasteiger partial charge in [0.05, 0.1) is 17.4 Å². The Bertz CT molecular complexity index is 502. The van der Waals surface area contributed by atoms with Crippen molar-refractivity contribution in [2.24, 2.45) is 5.92 Å². The van der Waals surface area contributed by atoms with E-state index in [9.17, 15) is 9.59 Å². The zero-order valence-electron chi connectivity index (χ0n) is 10.5. The number of thioether (sulfide) groups is 1. The van der Waals surface area contributed by atoms with E-state index in [4.69, 9.17) is 5.11 Å². The number of benzene rings is 1. The van der Waals surface area contributed by atoms with Crippen LogP contribution in [0.2, 0.25) is 0 Å². The lowest BCUT2D eigenvalue weighted by atomic mass is 10.2. The summed E-state index contributed by atoms with van der Waals surface area (Å²) < 4.78 is 3.12. The van der Waals surface area contributed by atoms with Crippen LogP contribution in [0.5, 0.6) is 0 Å². The minimum atomic E-state index is -0.834. The number of rotatable bonds is 6. The molecule has 0 aromatic heterocycles. The van der Waals surface area contributed by atoms with E-state index in [-0.39, 0.29) is 11.7 Å². The van der Waals surface area contributed by atoms with Crippen molar-refractivity contribution in [2.75, 3.05) is 16.8 Å². The van der Waals surface area contributed by atoms with E-state index in [1.165, 1.54) is 11.8 Å². The summed E-state index contributed by atoms with van der Waals surface area (Å²) in [5, 5.41) is 11.6. The summed E-state index contributed by atoms with van der Waals surface area (Å²) in [5.41, 5.74) is 0.823. The van der Waals surface area contributed by atoms with Crippen LogP contribution in [0, 0.1) is 16.6 Å². The van der Waals surface area contributed by atoms with Gasteiger partial charge < -0.3 is 10.4 Å². The summed E-state index contributed by atoms with van der Waals surface area (Å²) in [5.74, 6) is -0.685. The SMILES string of the molecule is CC(CSCC(=O)Nc1c(I)cc(I)cc1I)C(=O)O. The molecule has 1 amide bonds. The Morgan fingerprint density at radius 2 is 1.85 bits per heavy atom. The summed E-state index contributed by atoms with van der Waals surface area (Å²) in [7, 11) is 0. The van der Waals surface area contributed by atoms with Gasteiger partial charge in [-0.15, -0.1) is 0 Å². The van der Waals surface area contributed by atoms with Crippen LogP contribution in [0.4, 0.5) is 5.69 Å². The average Bonchev–Trinajstić information content (AvgIpc) is 2.33. The van der Waals surface area contributed by atoms with Crippen LogP contribution in [0.3, 0.4) is 0 Å². The molecule has 1 atom stereocenters. The second-order valence-electron chi connectivity index (χ2n) is 4.05. The number of carbonyl (C=O) groups excluding carboxylic acids is 1. The van der Waals surface area contributed by atoms with Gasteiger partial charge in [-0.3, -0.25) is 9.59 Å². The highest BCUT2D eigenvalue weighted by molar-refractivity contribution is 14.1. The minimum absolute atomic E-state index is 0.107. The highest BCUT2D eigenvalue weighted by Crippen LogP contribution is 2.27. The number of carboxylic acid groups (broad SMARTS) is 1. The third-order valence-corrected chi connectivity index (χ3v) is 5.82. The molecule has 110 valence electrons. The molecule has 1 unspecified atom stereocenters. The Hall–Kier alpha value is 0.700. The third-order valence-electron chi connectivity index (χ3n) is 2.29. The summed E-state index contributed by atoms with van der Waals surface area (Å²) in [6, 6.07) is 4.00. The molecule has 0 radical (unpaired) electrons. The normalized spacial score (nSPS) is 12.0. The fourth-order valence-electron chi connectivity index (χ4n) is 1.24. The molecule has 0 aliphatic rings. The smallest absolute Gasteiger partial charge is 0.307 e. The number of amides is 1. The molecule has 1 rings (SSSR count). The van der Waals surface area contributed by atoms with Crippen LogP contribution in [0.1, 0.15) is 6.92 Å². The topological polar surface area (TPSA) is 66.4 Å². The molecule has 2 N–H and O–H groups in total. The molecular formula is C12H12I3NO3S. The van der Waals surface area contributed by atoms with Crippen molar-refractivity contribution < 1.29 is 14.7 Å². The summed E-state index contributed by atoms with van der Waals surface area (Å²) in [4.78, 5) is 22.5. The zero-order valence-corrected chi connectivity index (χ0v) is 17.7. The number of hydrogen-bond acceptors (Lipinski definition) is 3. The molecule has 20 heavy (non-hydrogen) atoms. The van der Waals surface area contributed by atoms with E-state index >= 15 is 0 Å². The summed E-state index contributed by atoms with van der Waals surface area (Å²) >= 11 is 7.95. The maximum absolute atomic E-state index is 11.9. The van der Waals surface area contributed by atoms with Crippen LogP contribution in [0.15, 0.2) is 12.1 Å². The van der Waals surface area contributed by atoms with Crippen molar-refractivity contribution >= 4 is 97.1 Å². The van der Waals surface area contributed by atoms with E-state index in [0.29, 0.717) is 5.75 Å². The molecule has 0 aliphatic carbocycles. The van der Waals surface area contributed by atoms with Gasteiger partial charge in [-0.1, -0.05) is 6.92 Å². The standard InChI is InChI=1S/C12H12I3NO3S/c1-6(12(18)19)4-20-5-10(17)16-11-8(14)2-7(13)3-9(11)15/h2-3,6H,4-5H2,1H3,(H,16,17)(H,18,19). The first-order valence-electron chi connectivity index (χ1n) is 5.56. The molecular weight excluding hydrogens is 619 g/mol. The Balaban J connectivity index is 2.53. The quantitative estimate of drug-likeness (QED) is 0.469. The van der Waals surface area contributed by atoms with Gasteiger partial charge in [-0.25, -0.2) is 0 Å². The van der Waals surface area contributed by atoms with Crippen molar-refractivity contribution in [2.45, 2.75) is 6.92 Å². The van der Waals surface area contributed by atoms with Crippen molar-refractivity contribution in [3.8, 4) is 0 Å². The molecule has 0 heterocycles. The lowest BCUT2D eigenvalue weighted by Crippen LogP contribution is -2.18. The van der Waals surface area contributed by atoms with Gasteiger partial charge in [0.15, 0.2) is 0 Å². The number of halogens is 3. The summed E-state index contributed by atoms with van der Waals surface area (Å²) in [6.07, 6.45) is 0. The Kier molecular flexibility index (Phi) is 8.42. The largest absolute Gasteiger partial charge is 0.481 e. The number of aliphatic carboxylic acids is 1. The number of hydrogen-bond donors (Lipinski definition) is 2. The molecule has 1 aromatic carbocycles. The predicted octanol–water partition coefficient (Wildman–Crippen LogP) is 3.89. The minimum Gasteiger partial charge on any atom is -0.481 e. The molecule has 8 heteroatoms. The van der Waals surface area contributed by atoms with Gasteiger partial charge in [-0.05, 0) is 79.9 Å². The van der Waals surface area contributed by atoms with Crippen LogP contribution in [-0.2, 0) is 9.59 Å². The molecule has 0 saturated carbocycles. The number of carbonyl (C=O) groups is 2. The predicted molar refractivity (Wildman–Crippen MR) is 107 cm³/mol. The number of carboxylic acids is 1. The van der Waals surface area contributed by atoms with Crippen LogP contribution in [-0.4, -0.2) is 28.5 Å². The monoisotopic (exact) mass is 631 g/mol. The van der Waals surface area contributed by atoms with Crippen LogP contribution >= 0.6 is 79.5 Å². The fourth-order valence-corrected chi connectivity index (χ4v) is 5.96. The van der Waals surface area contributed by atoms with Crippen molar-refractivity contribution in [1.82, 2.24) is 0 Å². The molecule has 0 fully saturated rings. The Morgan fingerprint density at radius 1 is 1.30 bits per heavy atom. The first-order chi connectivity index (χ1) is 9.31. The zero-order chi connectivity index (χ0) is 15.3. The van der Waals surface area contributed by atoms with Gasteiger partial charge >= 0.3 is 5.97 Å². The molecule has 0 saturated heterocycles. The first kappa shape index (κ1) is 18.7. The van der Waals surface area contributed by atoms with Crippen molar-refractivity contribution in [3.63, 3.8) is 0 Å². The van der Waals surface area contributed by atoms with E-state index in [0.717, 1.165) is 16.4 Å². The van der Waals surface area contributed by atoms with Gasteiger partial charge in [0.2, 0.25) is 5.91 Å². The van der Waals surface area contributed by atoms with E-state index in [2.05, 4.69) is 73.1 Å². The highest BCUT2D eigenvalue weighted by atomic mass is 127. The Labute approximate surface area is 162 Å². The molecule has 1 aromatic rings. The average molecular weight is 631 g/mol. The van der Waals surface area contributed by atoms with Gasteiger partial charge in [0.1, 0.15) is 0 Å². The lowest BCUT2D eigenvalue weighted by molar-refractivity contribution is -0.140. The molecule has 0 bridgehead atoms. The van der Waals surface area contributed by atoms with Gasteiger partial charge in [-0.2, -0.15) is 11.8 Å². The second kappa shape index (κ2) is 8.98. The molecule has 0 spiro atoms. The molecule has 4 nitrogen and oxygen atoms in total. The van der Waals surface area contributed by atoms with Crippen molar-refractivity contribution in [1.29, 1.82) is 0 Å². The van der Waals surface area contributed by atoms with E-state index in [1.807, 2.05) is 12.1 Å². The van der Waals surface area contributed by atoms with Gasteiger partial charge in [0, 0.05) is 16.5 Å². The first-order valence-corrected chi connectivity index (χ1v) is 9.95. The van der Waals surface area contributed by atoms with Crippen LogP contribution < -0.4 is 5.32 Å². The van der Waals surface area contributed by atoms with E-state index < -0.39 is 11.9 Å². The maximum Gasteiger partial charge on any atom is 0.307 e. The highest BCUT2D eigenvalue weighted by Gasteiger charge is 2.13. The third kappa shape index (κ3) is 6.22. The van der Waals surface area contributed by atoms with Crippen LogP contribution in [0.25, 0.3) is 0 Å². The molecule has 0 aliphatic heterocycles. The Morgan fingerprint density at radius 3 is 2.35 bits per heavy atom. The van der Waals surface area contributed by atoms with Crippen molar-refractivity contribution in [3.05, 3.63) is 22.8 Å². The summed E-state index contributed by atoms with van der Waals surface area (Å²) in [6.45, 7) is 1.64.